The van der Waals surface area contributed by atoms with Crippen LogP contribution >= 0.6 is 0 Å². The van der Waals surface area contributed by atoms with Crippen LogP contribution in [0.25, 0.3) is 11.3 Å². The van der Waals surface area contributed by atoms with Gasteiger partial charge in [0.1, 0.15) is 5.56 Å². The van der Waals surface area contributed by atoms with Crippen LogP contribution in [-0.2, 0) is 6.54 Å². The van der Waals surface area contributed by atoms with Gasteiger partial charge in [-0.2, -0.15) is 0 Å². The molecule has 0 bridgehead atoms. The highest BCUT2D eigenvalue weighted by molar-refractivity contribution is 5.94. The van der Waals surface area contributed by atoms with Gasteiger partial charge in [-0.1, -0.05) is 54.1 Å². The quantitative estimate of drug-likeness (QED) is 0.725. The van der Waals surface area contributed by atoms with E-state index in [1.165, 1.54) is 5.56 Å². The third-order valence-electron chi connectivity index (χ3n) is 5.59. The molecule has 154 valence electrons. The molecule has 0 radical (unpaired) electrons. The van der Waals surface area contributed by atoms with Crippen LogP contribution in [0.4, 0.5) is 0 Å². The molecule has 5 nitrogen and oxygen atoms in total. The molecule has 1 amide bonds. The minimum absolute atomic E-state index is 0.186. The topological polar surface area (TPSA) is 56.4 Å². The molecule has 2 heterocycles. The highest BCUT2D eigenvalue weighted by atomic mass is 16.2. The molecular formula is C25H27N3O2. The Balaban J connectivity index is 1.44. The number of carbonyl (C=O) groups is 1. The number of nitrogens with one attached hydrogen (secondary N) is 1. The predicted molar refractivity (Wildman–Crippen MR) is 119 cm³/mol. The molecule has 1 fully saturated rings. The average molecular weight is 402 g/mol. The molecule has 30 heavy (non-hydrogen) atoms. The van der Waals surface area contributed by atoms with Gasteiger partial charge in [0, 0.05) is 38.4 Å². The van der Waals surface area contributed by atoms with Crippen molar-refractivity contribution in [2.45, 2.75) is 19.9 Å². The van der Waals surface area contributed by atoms with E-state index in [4.69, 9.17) is 0 Å². The summed E-state index contributed by atoms with van der Waals surface area (Å²) in [5.74, 6) is -0.186. The molecule has 3 aromatic rings. The van der Waals surface area contributed by atoms with E-state index in [1.807, 2.05) is 48.2 Å². The van der Waals surface area contributed by atoms with E-state index in [0.29, 0.717) is 13.1 Å². The van der Waals surface area contributed by atoms with Crippen LogP contribution in [-0.4, -0.2) is 46.9 Å². The number of amides is 1. The van der Waals surface area contributed by atoms with E-state index in [9.17, 15) is 9.59 Å². The molecule has 4 rings (SSSR count). The monoisotopic (exact) mass is 401 g/mol. The molecule has 5 heteroatoms. The first kappa shape index (κ1) is 20.1. The fourth-order valence-electron chi connectivity index (χ4n) is 3.97. The number of hydrogen-bond donors (Lipinski definition) is 1. The first-order valence-electron chi connectivity index (χ1n) is 10.5. The maximum atomic E-state index is 13.0. The molecule has 0 spiro atoms. The van der Waals surface area contributed by atoms with Crippen LogP contribution in [0, 0.1) is 6.92 Å². The van der Waals surface area contributed by atoms with E-state index in [2.05, 4.69) is 34.1 Å². The van der Waals surface area contributed by atoms with Gasteiger partial charge in [0.2, 0.25) is 0 Å². The molecule has 1 aliphatic heterocycles. The van der Waals surface area contributed by atoms with Crippen molar-refractivity contribution >= 4 is 5.91 Å². The van der Waals surface area contributed by atoms with Crippen LogP contribution in [0.5, 0.6) is 0 Å². The van der Waals surface area contributed by atoms with E-state index in [1.54, 1.807) is 6.07 Å². The number of aryl methyl sites for hydroxylation is 1. The fourth-order valence-corrected chi connectivity index (χ4v) is 3.97. The van der Waals surface area contributed by atoms with Crippen molar-refractivity contribution in [2.24, 2.45) is 0 Å². The van der Waals surface area contributed by atoms with Crippen LogP contribution < -0.4 is 5.56 Å². The lowest BCUT2D eigenvalue weighted by Crippen LogP contribution is -2.37. The van der Waals surface area contributed by atoms with Gasteiger partial charge in [-0.05, 0) is 42.7 Å². The van der Waals surface area contributed by atoms with Gasteiger partial charge in [-0.3, -0.25) is 14.5 Å². The average Bonchev–Trinajstić information content (AvgIpc) is 2.99. The molecule has 1 saturated heterocycles. The summed E-state index contributed by atoms with van der Waals surface area (Å²) < 4.78 is 0. The Bertz CT molecular complexity index is 1080. The number of carbonyl (C=O) groups excluding carboxylic acids is 1. The van der Waals surface area contributed by atoms with Gasteiger partial charge < -0.3 is 9.88 Å². The van der Waals surface area contributed by atoms with Crippen LogP contribution in [0.1, 0.15) is 27.9 Å². The number of rotatable bonds is 4. The molecule has 0 unspecified atom stereocenters. The SMILES string of the molecule is Cc1cccc(-c2ccc(C(=O)N3CCCN(Cc4ccccc4)CC3)c(=O)[nH]2)c1. The Hall–Kier alpha value is -3.18. The molecule has 0 atom stereocenters. The van der Waals surface area contributed by atoms with Gasteiger partial charge in [0.05, 0.1) is 0 Å². The Morgan fingerprint density at radius 3 is 2.53 bits per heavy atom. The van der Waals surface area contributed by atoms with E-state index in [0.717, 1.165) is 42.9 Å². The van der Waals surface area contributed by atoms with E-state index < -0.39 is 0 Å². The predicted octanol–water partition coefficient (Wildman–Crippen LogP) is 3.70. The number of aromatic amines is 1. The standard InChI is InChI=1S/C25H27N3O2/c1-19-7-5-10-21(17-19)23-12-11-22(24(29)26-23)25(30)28-14-6-13-27(15-16-28)18-20-8-3-2-4-9-20/h2-5,7-12,17H,6,13-16,18H2,1H3,(H,26,29). The summed E-state index contributed by atoms with van der Waals surface area (Å²) in [5, 5.41) is 0. The lowest BCUT2D eigenvalue weighted by atomic mass is 10.1. The molecule has 2 aromatic carbocycles. The molecule has 1 N–H and O–H groups in total. The Morgan fingerprint density at radius 1 is 0.933 bits per heavy atom. The van der Waals surface area contributed by atoms with Crippen LogP contribution in [0.3, 0.4) is 0 Å². The minimum Gasteiger partial charge on any atom is -0.337 e. The summed E-state index contributed by atoms with van der Waals surface area (Å²) in [6, 6.07) is 21.8. The zero-order valence-corrected chi connectivity index (χ0v) is 17.3. The smallest absolute Gasteiger partial charge is 0.261 e. The summed E-state index contributed by atoms with van der Waals surface area (Å²) in [5.41, 5.74) is 3.95. The number of H-pyrrole nitrogens is 1. The van der Waals surface area contributed by atoms with Crippen molar-refractivity contribution in [1.29, 1.82) is 0 Å². The molecule has 0 aliphatic carbocycles. The largest absolute Gasteiger partial charge is 0.337 e. The van der Waals surface area contributed by atoms with Crippen molar-refractivity contribution in [1.82, 2.24) is 14.8 Å². The van der Waals surface area contributed by atoms with Crippen molar-refractivity contribution in [2.75, 3.05) is 26.2 Å². The van der Waals surface area contributed by atoms with Crippen molar-refractivity contribution in [3.8, 4) is 11.3 Å². The van der Waals surface area contributed by atoms with Crippen LogP contribution in [0.2, 0.25) is 0 Å². The highest BCUT2D eigenvalue weighted by Gasteiger charge is 2.22. The van der Waals surface area contributed by atoms with E-state index >= 15 is 0 Å². The molecule has 1 aromatic heterocycles. The zero-order valence-electron chi connectivity index (χ0n) is 17.3. The summed E-state index contributed by atoms with van der Waals surface area (Å²) in [4.78, 5) is 32.7. The second kappa shape index (κ2) is 9.09. The van der Waals surface area contributed by atoms with Crippen molar-refractivity contribution in [3.05, 3.63) is 93.8 Å². The molecule has 1 aliphatic rings. The number of aromatic nitrogens is 1. The van der Waals surface area contributed by atoms with Gasteiger partial charge >= 0.3 is 0 Å². The Morgan fingerprint density at radius 2 is 1.77 bits per heavy atom. The van der Waals surface area contributed by atoms with E-state index in [-0.39, 0.29) is 17.0 Å². The number of benzene rings is 2. The maximum absolute atomic E-state index is 13.0. The van der Waals surface area contributed by atoms with Crippen LogP contribution in [0.15, 0.2) is 71.5 Å². The maximum Gasteiger partial charge on any atom is 0.261 e. The first-order chi connectivity index (χ1) is 14.6. The molecule has 0 saturated carbocycles. The molecular weight excluding hydrogens is 374 g/mol. The lowest BCUT2D eigenvalue weighted by Gasteiger charge is -2.22. The second-order valence-corrected chi connectivity index (χ2v) is 7.89. The minimum atomic E-state index is -0.329. The van der Waals surface area contributed by atoms with Gasteiger partial charge in [-0.25, -0.2) is 0 Å². The van der Waals surface area contributed by atoms with Crippen molar-refractivity contribution < 1.29 is 4.79 Å². The third-order valence-corrected chi connectivity index (χ3v) is 5.59. The summed E-state index contributed by atoms with van der Waals surface area (Å²) in [6.45, 7) is 5.95. The van der Waals surface area contributed by atoms with Gasteiger partial charge in [-0.15, -0.1) is 0 Å². The summed E-state index contributed by atoms with van der Waals surface area (Å²) in [6.07, 6.45) is 0.901. The summed E-state index contributed by atoms with van der Waals surface area (Å²) >= 11 is 0. The number of pyridine rings is 1. The highest BCUT2D eigenvalue weighted by Crippen LogP contribution is 2.18. The normalized spacial score (nSPS) is 15.0. The van der Waals surface area contributed by atoms with Gasteiger partial charge in [0.25, 0.3) is 11.5 Å². The zero-order chi connectivity index (χ0) is 20.9. The first-order valence-corrected chi connectivity index (χ1v) is 10.5. The summed E-state index contributed by atoms with van der Waals surface area (Å²) in [7, 11) is 0. The number of nitrogens with zero attached hydrogens (tertiary/aromatic N) is 2. The Labute approximate surface area is 177 Å². The van der Waals surface area contributed by atoms with Crippen molar-refractivity contribution in [3.63, 3.8) is 0 Å². The Kier molecular flexibility index (Phi) is 6.10. The second-order valence-electron chi connectivity index (χ2n) is 7.89. The third kappa shape index (κ3) is 4.69. The van der Waals surface area contributed by atoms with Gasteiger partial charge in [0.15, 0.2) is 0 Å². The lowest BCUT2D eigenvalue weighted by molar-refractivity contribution is 0.0759. The fraction of sp³-hybridized carbons (Fsp3) is 0.280. The number of hydrogen-bond acceptors (Lipinski definition) is 3.